The van der Waals surface area contributed by atoms with Gasteiger partial charge in [0.15, 0.2) is 11.6 Å². The second kappa shape index (κ2) is 4.84. The average Bonchev–Trinajstić information content (AvgIpc) is 2.78. The summed E-state index contributed by atoms with van der Waals surface area (Å²) < 4.78 is 55.9. The number of hydrogen-bond acceptors (Lipinski definition) is 8. The minimum atomic E-state index is -4.14. The van der Waals surface area contributed by atoms with E-state index in [2.05, 4.69) is 0 Å². The van der Waals surface area contributed by atoms with E-state index in [0.717, 1.165) is 0 Å². The van der Waals surface area contributed by atoms with Gasteiger partial charge in [0.2, 0.25) is 5.79 Å². The topological polar surface area (TPSA) is 116 Å². The molecule has 0 radical (unpaired) electrons. The molecule has 0 aromatic rings. The van der Waals surface area contributed by atoms with Crippen molar-refractivity contribution in [1.29, 1.82) is 0 Å². The smallest absolute Gasteiger partial charge is 0.333 e. The maximum atomic E-state index is 11.1. The molecule has 0 bridgehead atoms. The molecule has 10 heteroatoms. The third-order valence-corrected chi connectivity index (χ3v) is 4.15. The highest BCUT2D eigenvalue weighted by atomic mass is 32.2. The standard InChI is InChI=1S/C12H21NO8S/c1-10(2)18-7-5-16-12(6-17-22(13,14)15)9(8(7)19-10)20-11(3,4)21-12/h7-9H,5-6H2,1-4H3,(H2,13,14,15)/t7-,8+,9+,12+/m1/s1. The maximum Gasteiger partial charge on any atom is 0.333 e. The molecule has 0 spiro atoms. The molecule has 0 aromatic carbocycles. The minimum absolute atomic E-state index is 0.165. The summed E-state index contributed by atoms with van der Waals surface area (Å²) in [5, 5.41) is 4.89. The summed E-state index contributed by atoms with van der Waals surface area (Å²) in [7, 11) is -4.14. The summed E-state index contributed by atoms with van der Waals surface area (Å²) in [6, 6.07) is 0. The van der Waals surface area contributed by atoms with E-state index in [1.807, 2.05) is 0 Å². The molecule has 9 nitrogen and oxygen atoms in total. The Morgan fingerprint density at radius 1 is 1.14 bits per heavy atom. The lowest BCUT2D eigenvalue weighted by Crippen LogP contribution is -2.60. The summed E-state index contributed by atoms with van der Waals surface area (Å²) in [6.45, 7) is 6.71. The molecule has 3 rings (SSSR count). The zero-order chi connectivity index (χ0) is 16.4. The molecular formula is C12H21NO8S. The number of rotatable bonds is 3. The number of nitrogens with two attached hydrogens (primary N) is 1. The summed E-state index contributed by atoms with van der Waals surface area (Å²) in [6.07, 6.45) is -1.50. The van der Waals surface area contributed by atoms with Crippen molar-refractivity contribution in [2.75, 3.05) is 13.2 Å². The van der Waals surface area contributed by atoms with Gasteiger partial charge >= 0.3 is 10.3 Å². The fraction of sp³-hybridized carbons (Fsp3) is 1.00. The van der Waals surface area contributed by atoms with E-state index in [4.69, 9.17) is 33.0 Å². The first-order valence-corrected chi connectivity index (χ1v) is 8.43. The van der Waals surface area contributed by atoms with Crippen molar-refractivity contribution >= 4 is 10.3 Å². The Labute approximate surface area is 129 Å². The summed E-state index contributed by atoms with van der Waals surface area (Å²) in [5.74, 6) is -3.19. The molecule has 3 aliphatic rings. The van der Waals surface area contributed by atoms with Gasteiger partial charge in [-0.15, -0.1) is 0 Å². The lowest BCUT2D eigenvalue weighted by Gasteiger charge is -2.40. The van der Waals surface area contributed by atoms with Crippen molar-refractivity contribution in [2.24, 2.45) is 5.14 Å². The quantitative estimate of drug-likeness (QED) is 0.739. The van der Waals surface area contributed by atoms with E-state index in [1.165, 1.54) is 0 Å². The molecular weight excluding hydrogens is 318 g/mol. The van der Waals surface area contributed by atoms with E-state index in [9.17, 15) is 8.42 Å². The van der Waals surface area contributed by atoms with Gasteiger partial charge in [-0.2, -0.15) is 8.42 Å². The highest BCUT2D eigenvalue weighted by molar-refractivity contribution is 7.84. The number of ether oxygens (including phenoxy) is 5. The Morgan fingerprint density at radius 3 is 2.45 bits per heavy atom. The fourth-order valence-electron chi connectivity index (χ4n) is 3.11. The first-order chi connectivity index (χ1) is 9.92. The molecule has 0 aromatic heterocycles. The van der Waals surface area contributed by atoms with Gasteiger partial charge in [-0.25, -0.2) is 5.14 Å². The van der Waals surface area contributed by atoms with Gasteiger partial charge in [-0.05, 0) is 27.7 Å². The van der Waals surface area contributed by atoms with Crippen LogP contribution in [0.5, 0.6) is 0 Å². The monoisotopic (exact) mass is 339 g/mol. The second-order valence-electron chi connectivity index (χ2n) is 6.56. The van der Waals surface area contributed by atoms with Crippen LogP contribution in [0.4, 0.5) is 0 Å². The molecule has 128 valence electrons. The van der Waals surface area contributed by atoms with Gasteiger partial charge in [0, 0.05) is 0 Å². The molecule has 3 fully saturated rings. The zero-order valence-electron chi connectivity index (χ0n) is 12.9. The Morgan fingerprint density at radius 2 is 1.82 bits per heavy atom. The van der Waals surface area contributed by atoms with Crippen LogP contribution < -0.4 is 5.14 Å². The predicted molar refractivity (Wildman–Crippen MR) is 71.6 cm³/mol. The Hall–Kier alpha value is -0.330. The number of hydrogen-bond donors (Lipinski definition) is 1. The first-order valence-electron chi connectivity index (χ1n) is 6.96. The van der Waals surface area contributed by atoms with Crippen LogP contribution in [-0.4, -0.2) is 57.3 Å². The molecule has 0 amide bonds. The van der Waals surface area contributed by atoms with Gasteiger partial charge in [-0.1, -0.05) is 0 Å². The van der Waals surface area contributed by atoms with Crippen LogP contribution in [-0.2, 0) is 38.2 Å². The maximum absolute atomic E-state index is 11.1. The Kier molecular flexibility index (Phi) is 3.63. The van der Waals surface area contributed by atoms with Crippen LogP contribution in [0.15, 0.2) is 0 Å². The van der Waals surface area contributed by atoms with Crippen LogP contribution in [0.25, 0.3) is 0 Å². The third-order valence-electron chi connectivity index (χ3n) is 3.70. The van der Waals surface area contributed by atoms with E-state index in [0.29, 0.717) is 0 Å². The molecule has 4 atom stereocenters. The van der Waals surface area contributed by atoms with Crippen LogP contribution in [0, 0.1) is 0 Å². The van der Waals surface area contributed by atoms with Gasteiger partial charge < -0.3 is 23.7 Å². The molecule has 3 heterocycles. The first kappa shape index (κ1) is 16.5. The largest absolute Gasteiger partial charge is 0.343 e. The van der Waals surface area contributed by atoms with E-state index < -0.39 is 46.5 Å². The molecule has 0 saturated carbocycles. The SMILES string of the molecule is CC1(C)O[C@H]2[C@@H](CO[C@@]3(COS(N)(=O)=O)OC(C)(C)O[C@@H]23)O1. The van der Waals surface area contributed by atoms with Crippen LogP contribution in [0.3, 0.4) is 0 Å². The van der Waals surface area contributed by atoms with Gasteiger partial charge in [0.05, 0.1) is 6.61 Å². The van der Waals surface area contributed by atoms with Crippen LogP contribution in [0.1, 0.15) is 27.7 Å². The van der Waals surface area contributed by atoms with Crippen molar-refractivity contribution < 1.29 is 36.3 Å². The minimum Gasteiger partial charge on any atom is -0.343 e. The van der Waals surface area contributed by atoms with Crippen LogP contribution in [0.2, 0.25) is 0 Å². The van der Waals surface area contributed by atoms with E-state index in [1.54, 1.807) is 27.7 Å². The van der Waals surface area contributed by atoms with Crippen LogP contribution >= 0.6 is 0 Å². The van der Waals surface area contributed by atoms with Crippen molar-refractivity contribution in [3.05, 3.63) is 0 Å². The highest BCUT2D eigenvalue weighted by Crippen LogP contribution is 2.47. The van der Waals surface area contributed by atoms with Gasteiger partial charge in [-0.3, -0.25) is 4.18 Å². The molecule has 3 saturated heterocycles. The zero-order valence-corrected chi connectivity index (χ0v) is 13.7. The normalized spacial score (nSPS) is 42.9. The molecule has 22 heavy (non-hydrogen) atoms. The molecule has 3 aliphatic heterocycles. The molecule has 0 aliphatic carbocycles. The van der Waals surface area contributed by atoms with E-state index >= 15 is 0 Å². The lowest BCUT2D eigenvalue weighted by molar-refractivity contribution is -0.290. The van der Waals surface area contributed by atoms with Gasteiger partial charge in [0.1, 0.15) is 24.9 Å². The van der Waals surface area contributed by atoms with Crippen molar-refractivity contribution in [3.8, 4) is 0 Å². The average molecular weight is 339 g/mol. The second-order valence-corrected chi connectivity index (χ2v) is 7.78. The number of fused-ring (bicyclic) bond motifs is 3. The fourth-order valence-corrected chi connectivity index (χ4v) is 3.44. The van der Waals surface area contributed by atoms with Gasteiger partial charge in [0.25, 0.3) is 0 Å². The van der Waals surface area contributed by atoms with E-state index in [-0.39, 0.29) is 12.7 Å². The third kappa shape index (κ3) is 3.02. The molecule has 2 N–H and O–H groups in total. The van der Waals surface area contributed by atoms with Crippen molar-refractivity contribution in [3.63, 3.8) is 0 Å². The highest BCUT2D eigenvalue weighted by Gasteiger charge is 2.65. The Balaban J connectivity index is 1.87. The predicted octanol–water partition coefficient (Wildman–Crippen LogP) is -0.395. The Bertz CT molecular complexity index is 561. The summed E-state index contributed by atoms with van der Waals surface area (Å²) >= 11 is 0. The lowest BCUT2D eigenvalue weighted by atomic mass is 9.98. The summed E-state index contributed by atoms with van der Waals surface area (Å²) in [5.41, 5.74) is 0. The van der Waals surface area contributed by atoms with Crippen molar-refractivity contribution in [1.82, 2.24) is 0 Å². The summed E-state index contributed by atoms with van der Waals surface area (Å²) in [4.78, 5) is 0. The molecule has 0 unspecified atom stereocenters. The van der Waals surface area contributed by atoms with Crippen molar-refractivity contribution in [2.45, 2.75) is 63.4 Å².